The van der Waals surface area contributed by atoms with Gasteiger partial charge in [-0.1, -0.05) is 273 Å². The zero-order valence-electron chi connectivity index (χ0n) is 48.1. The van der Waals surface area contributed by atoms with E-state index < -0.39 is 6.10 Å². The minimum Gasteiger partial charge on any atom is -0.462 e. The minimum absolute atomic E-state index is 0.0791. The number of rotatable bonds is 56. The van der Waals surface area contributed by atoms with Gasteiger partial charge < -0.3 is 14.2 Å². The van der Waals surface area contributed by atoms with Gasteiger partial charge in [0, 0.05) is 19.3 Å². The summed E-state index contributed by atoms with van der Waals surface area (Å²) in [5, 5.41) is 0. The van der Waals surface area contributed by atoms with E-state index in [2.05, 4.69) is 106 Å². The largest absolute Gasteiger partial charge is 0.462 e. The van der Waals surface area contributed by atoms with Crippen LogP contribution in [-0.2, 0) is 28.6 Å². The molecule has 1 unspecified atom stereocenters. The monoisotopic (exact) mass is 1020 g/mol. The summed E-state index contributed by atoms with van der Waals surface area (Å²) in [7, 11) is 0. The highest BCUT2D eigenvalue weighted by molar-refractivity contribution is 5.71. The second-order valence-corrected chi connectivity index (χ2v) is 20.6. The summed E-state index contributed by atoms with van der Waals surface area (Å²) < 4.78 is 16.8. The molecule has 420 valence electrons. The predicted octanol–water partition coefficient (Wildman–Crippen LogP) is 21.1. The Hall–Kier alpha value is -3.41. The first-order valence-corrected chi connectivity index (χ1v) is 31.1. The molecule has 6 heteroatoms. The van der Waals surface area contributed by atoms with Crippen molar-refractivity contribution in [1.29, 1.82) is 0 Å². The zero-order valence-corrected chi connectivity index (χ0v) is 48.1. The standard InChI is InChI=1S/C67H116O6/c1-4-7-10-13-16-18-20-22-24-26-28-29-30-31-32-33-34-35-36-37-39-40-42-44-46-48-51-54-57-60-66(69)72-63-64(62-71-65(68)59-56-53-50-15-12-9-6-3)73-67(70)61-58-55-52-49-47-45-43-41-38-27-25-23-21-19-17-14-11-8-5-2/h7,10,16-19,22-25,28-29,38,41,64H,4-6,8-9,11-15,20-21,26-27,30-37,39-40,42-63H2,1-3H3/b10-7-,18-16-,19-17-,24-22-,25-23-,29-28-,41-38-. The summed E-state index contributed by atoms with van der Waals surface area (Å²) in [5.41, 5.74) is 0. The first-order valence-electron chi connectivity index (χ1n) is 31.1. The van der Waals surface area contributed by atoms with Crippen LogP contribution in [0.1, 0.15) is 303 Å². The third-order valence-electron chi connectivity index (χ3n) is 13.4. The number of hydrogen-bond donors (Lipinski definition) is 0. The Morgan fingerprint density at radius 2 is 0.534 bits per heavy atom. The molecule has 0 aromatic heterocycles. The SMILES string of the molecule is CC/C=C\C/C=C\C/C=C\C/C=C\CCCCCCCCCCCCCCCCCCC(=O)OCC(COC(=O)CCCCCCCCC)OC(=O)CCCCCCCC/C=C\C/C=C\C/C=C\CCCCC. The lowest BCUT2D eigenvalue weighted by atomic mass is 10.0. The summed E-state index contributed by atoms with van der Waals surface area (Å²) in [6.07, 6.45) is 80.4. The van der Waals surface area contributed by atoms with E-state index in [0.29, 0.717) is 19.3 Å². The second kappa shape index (κ2) is 61.1. The van der Waals surface area contributed by atoms with Gasteiger partial charge in [-0.05, 0) is 96.3 Å². The minimum atomic E-state index is -0.780. The maximum atomic E-state index is 12.8. The Morgan fingerprint density at radius 1 is 0.288 bits per heavy atom. The van der Waals surface area contributed by atoms with E-state index in [1.165, 1.54) is 154 Å². The van der Waals surface area contributed by atoms with E-state index in [4.69, 9.17) is 14.2 Å². The molecule has 0 spiro atoms. The molecule has 0 saturated carbocycles. The Labute approximate surface area is 452 Å². The Bertz CT molecular complexity index is 1400. The molecule has 0 amide bonds. The zero-order chi connectivity index (χ0) is 52.9. The van der Waals surface area contributed by atoms with Crippen LogP contribution < -0.4 is 0 Å². The van der Waals surface area contributed by atoms with E-state index in [1.807, 2.05) is 0 Å². The molecule has 0 fully saturated rings. The lowest BCUT2D eigenvalue weighted by molar-refractivity contribution is -0.167. The molecule has 0 rings (SSSR count). The highest BCUT2D eigenvalue weighted by Crippen LogP contribution is 2.16. The fourth-order valence-corrected chi connectivity index (χ4v) is 8.74. The Kier molecular flexibility index (Phi) is 58.3. The summed E-state index contributed by atoms with van der Waals surface area (Å²) >= 11 is 0. The lowest BCUT2D eigenvalue weighted by Crippen LogP contribution is -2.30. The van der Waals surface area contributed by atoms with Crippen LogP contribution in [-0.4, -0.2) is 37.2 Å². The second-order valence-electron chi connectivity index (χ2n) is 20.6. The molecule has 0 aromatic rings. The van der Waals surface area contributed by atoms with Gasteiger partial charge >= 0.3 is 17.9 Å². The predicted molar refractivity (Wildman–Crippen MR) is 316 cm³/mol. The van der Waals surface area contributed by atoms with Gasteiger partial charge in [0.1, 0.15) is 13.2 Å². The number of hydrogen-bond acceptors (Lipinski definition) is 6. The van der Waals surface area contributed by atoms with Crippen LogP contribution in [0.25, 0.3) is 0 Å². The van der Waals surface area contributed by atoms with Crippen LogP contribution in [0.2, 0.25) is 0 Å². The van der Waals surface area contributed by atoms with Crippen LogP contribution in [0.3, 0.4) is 0 Å². The van der Waals surface area contributed by atoms with Crippen molar-refractivity contribution < 1.29 is 28.6 Å². The number of carbonyl (C=O) groups is 3. The third kappa shape index (κ3) is 59.3. The summed E-state index contributed by atoms with van der Waals surface area (Å²) in [4.78, 5) is 38.0. The summed E-state index contributed by atoms with van der Waals surface area (Å²) in [6, 6.07) is 0. The molecular weight excluding hydrogens is 901 g/mol. The highest BCUT2D eigenvalue weighted by Gasteiger charge is 2.19. The van der Waals surface area contributed by atoms with Crippen molar-refractivity contribution in [3.63, 3.8) is 0 Å². The van der Waals surface area contributed by atoms with Gasteiger partial charge in [0.25, 0.3) is 0 Å². The van der Waals surface area contributed by atoms with Crippen LogP contribution in [0.5, 0.6) is 0 Å². The van der Waals surface area contributed by atoms with Crippen molar-refractivity contribution in [2.24, 2.45) is 0 Å². The van der Waals surface area contributed by atoms with Gasteiger partial charge in [0.15, 0.2) is 6.10 Å². The number of unbranched alkanes of at least 4 members (excludes halogenated alkanes) is 31. The van der Waals surface area contributed by atoms with Crippen LogP contribution in [0, 0.1) is 0 Å². The van der Waals surface area contributed by atoms with Gasteiger partial charge in [0.05, 0.1) is 0 Å². The molecule has 0 aromatic carbocycles. The van der Waals surface area contributed by atoms with Gasteiger partial charge in [-0.25, -0.2) is 0 Å². The summed E-state index contributed by atoms with van der Waals surface area (Å²) in [5.74, 6) is -0.889. The van der Waals surface area contributed by atoms with Crippen molar-refractivity contribution in [3.8, 4) is 0 Å². The molecule has 0 aliphatic rings. The van der Waals surface area contributed by atoms with Crippen molar-refractivity contribution >= 4 is 17.9 Å². The third-order valence-corrected chi connectivity index (χ3v) is 13.4. The highest BCUT2D eigenvalue weighted by atomic mass is 16.6. The van der Waals surface area contributed by atoms with Gasteiger partial charge in [-0.2, -0.15) is 0 Å². The molecule has 0 saturated heterocycles. The normalized spacial score (nSPS) is 12.6. The Balaban J connectivity index is 4.11. The first kappa shape index (κ1) is 69.6. The smallest absolute Gasteiger partial charge is 0.306 e. The number of esters is 3. The fraction of sp³-hybridized carbons (Fsp3) is 0.746. The van der Waals surface area contributed by atoms with Crippen molar-refractivity contribution in [3.05, 3.63) is 85.1 Å². The molecular formula is C67H116O6. The van der Waals surface area contributed by atoms with E-state index in [0.717, 1.165) is 109 Å². The van der Waals surface area contributed by atoms with Gasteiger partial charge in [-0.3, -0.25) is 14.4 Å². The molecule has 0 radical (unpaired) electrons. The summed E-state index contributed by atoms with van der Waals surface area (Å²) in [6.45, 7) is 6.47. The van der Waals surface area contributed by atoms with E-state index in [9.17, 15) is 14.4 Å². The van der Waals surface area contributed by atoms with Gasteiger partial charge in [0.2, 0.25) is 0 Å². The first-order chi connectivity index (χ1) is 36.0. The average Bonchev–Trinajstić information content (AvgIpc) is 3.39. The van der Waals surface area contributed by atoms with E-state index >= 15 is 0 Å². The number of ether oxygens (including phenoxy) is 3. The molecule has 0 bridgehead atoms. The van der Waals surface area contributed by atoms with E-state index in [-0.39, 0.29) is 31.1 Å². The lowest BCUT2D eigenvalue weighted by Gasteiger charge is -2.18. The number of carbonyl (C=O) groups excluding carboxylic acids is 3. The maximum absolute atomic E-state index is 12.8. The van der Waals surface area contributed by atoms with E-state index in [1.54, 1.807) is 0 Å². The molecule has 0 N–H and O–H groups in total. The maximum Gasteiger partial charge on any atom is 0.306 e. The fourth-order valence-electron chi connectivity index (χ4n) is 8.74. The number of allylic oxidation sites excluding steroid dienone is 14. The molecule has 0 aliphatic carbocycles. The molecule has 0 aliphatic heterocycles. The van der Waals surface area contributed by atoms with Crippen molar-refractivity contribution in [1.82, 2.24) is 0 Å². The van der Waals surface area contributed by atoms with Gasteiger partial charge in [-0.15, -0.1) is 0 Å². The van der Waals surface area contributed by atoms with Crippen LogP contribution >= 0.6 is 0 Å². The molecule has 0 heterocycles. The quantitative estimate of drug-likeness (QED) is 0.0261. The average molecular weight is 1020 g/mol. The Morgan fingerprint density at radius 3 is 0.863 bits per heavy atom. The van der Waals surface area contributed by atoms with Crippen molar-refractivity contribution in [2.45, 2.75) is 309 Å². The molecule has 1 atom stereocenters. The van der Waals surface area contributed by atoms with Crippen molar-refractivity contribution in [2.75, 3.05) is 13.2 Å². The molecule has 6 nitrogen and oxygen atoms in total. The van der Waals surface area contributed by atoms with Crippen LogP contribution in [0.15, 0.2) is 85.1 Å². The molecule has 73 heavy (non-hydrogen) atoms. The topological polar surface area (TPSA) is 78.9 Å². The van der Waals surface area contributed by atoms with Crippen LogP contribution in [0.4, 0.5) is 0 Å².